The van der Waals surface area contributed by atoms with Gasteiger partial charge in [-0.3, -0.25) is 9.59 Å². The fourth-order valence-corrected chi connectivity index (χ4v) is 5.66. The molecule has 0 saturated carbocycles. The largest absolute Gasteiger partial charge is 0.459 e. The Labute approximate surface area is 190 Å². The van der Waals surface area contributed by atoms with Crippen molar-refractivity contribution in [3.63, 3.8) is 0 Å². The Morgan fingerprint density at radius 3 is 2.45 bits per heavy atom. The lowest BCUT2D eigenvalue weighted by atomic mass is 10.0. The van der Waals surface area contributed by atoms with Crippen molar-refractivity contribution in [1.82, 2.24) is 9.62 Å². The smallest absolute Gasteiger partial charge is 0.268 e. The molecule has 0 bridgehead atoms. The van der Waals surface area contributed by atoms with Gasteiger partial charge in [-0.15, -0.1) is 0 Å². The third kappa shape index (κ3) is 3.48. The van der Waals surface area contributed by atoms with E-state index in [0.717, 1.165) is 15.3 Å². The van der Waals surface area contributed by atoms with Crippen LogP contribution >= 0.6 is 0 Å². The summed E-state index contributed by atoms with van der Waals surface area (Å²) in [6, 6.07) is 22.3. The number of nitrogens with zero attached hydrogens (tertiary/aromatic N) is 1. The number of carbonyl (C=O) groups excluding carboxylic acids is 2. The number of hydrogen-bond donors (Lipinski definition) is 1. The van der Waals surface area contributed by atoms with Gasteiger partial charge in [0.2, 0.25) is 0 Å². The van der Waals surface area contributed by atoms with Crippen LogP contribution in [0, 0.1) is 0 Å². The predicted molar refractivity (Wildman–Crippen MR) is 122 cm³/mol. The first-order valence-electron chi connectivity index (χ1n) is 10.5. The molecule has 1 aliphatic rings. The number of fused-ring (bicyclic) bond motifs is 2. The minimum atomic E-state index is -3.97. The highest BCUT2D eigenvalue weighted by molar-refractivity contribution is 7.90. The highest BCUT2D eigenvalue weighted by Gasteiger charge is 2.40. The third-order valence-electron chi connectivity index (χ3n) is 5.69. The minimum absolute atomic E-state index is 0.0273. The van der Waals surface area contributed by atoms with Crippen molar-refractivity contribution >= 4 is 32.8 Å². The molecule has 0 aliphatic carbocycles. The Balaban J connectivity index is 1.52. The number of amides is 2. The van der Waals surface area contributed by atoms with Crippen LogP contribution in [0.25, 0.3) is 11.0 Å². The third-order valence-corrected chi connectivity index (χ3v) is 7.59. The van der Waals surface area contributed by atoms with Crippen LogP contribution in [-0.4, -0.2) is 31.1 Å². The molecule has 5 rings (SSSR count). The number of nitrogens with one attached hydrogen (secondary N) is 1. The van der Waals surface area contributed by atoms with Gasteiger partial charge < -0.3 is 9.73 Å². The zero-order chi connectivity index (χ0) is 23.2. The van der Waals surface area contributed by atoms with E-state index in [1.165, 1.54) is 18.2 Å². The molecule has 1 N–H and O–H groups in total. The van der Waals surface area contributed by atoms with Crippen molar-refractivity contribution < 1.29 is 22.4 Å². The Hall–Kier alpha value is -3.91. The number of carbonyl (C=O) groups is 2. The summed E-state index contributed by atoms with van der Waals surface area (Å²) >= 11 is 0. The van der Waals surface area contributed by atoms with Gasteiger partial charge in [0.15, 0.2) is 0 Å². The average Bonchev–Trinajstić information content (AvgIpc) is 3.34. The molecular formula is C25H20N2O5S. The molecule has 0 saturated heterocycles. The second-order valence-corrected chi connectivity index (χ2v) is 9.52. The zero-order valence-corrected chi connectivity index (χ0v) is 18.5. The number of benzene rings is 3. The van der Waals surface area contributed by atoms with E-state index < -0.39 is 27.9 Å². The molecule has 3 aromatic carbocycles. The molecule has 0 spiro atoms. The average molecular weight is 461 g/mol. The lowest BCUT2D eigenvalue weighted by Crippen LogP contribution is -2.29. The Morgan fingerprint density at radius 2 is 1.73 bits per heavy atom. The molecule has 4 aromatic rings. The molecule has 7 nitrogen and oxygen atoms in total. The zero-order valence-electron chi connectivity index (χ0n) is 17.7. The van der Waals surface area contributed by atoms with Gasteiger partial charge in [0.1, 0.15) is 22.3 Å². The lowest BCUT2D eigenvalue weighted by Gasteiger charge is -2.17. The van der Waals surface area contributed by atoms with Crippen LogP contribution < -0.4 is 5.32 Å². The predicted octanol–water partition coefficient (Wildman–Crippen LogP) is 4.12. The van der Waals surface area contributed by atoms with Crippen LogP contribution in [0.4, 0.5) is 0 Å². The first kappa shape index (κ1) is 21.0. The molecular weight excluding hydrogens is 440 g/mol. The van der Waals surface area contributed by atoms with E-state index in [2.05, 4.69) is 5.32 Å². The van der Waals surface area contributed by atoms with Crippen LogP contribution in [-0.2, 0) is 10.0 Å². The van der Waals surface area contributed by atoms with Crippen molar-refractivity contribution in [3.8, 4) is 0 Å². The molecule has 8 heteroatoms. The van der Waals surface area contributed by atoms with Crippen LogP contribution in [0.2, 0.25) is 0 Å². The molecule has 2 heterocycles. The van der Waals surface area contributed by atoms with Gasteiger partial charge in [0.05, 0.1) is 5.56 Å². The van der Waals surface area contributed by atoms with Gasteiger partial charge in [0, 0.05) is 17.5 Å². The highest BCUT2D eigenvalue weighted by atomic mass is 32.2. The van der Waals surface area contributed by atoms with Crippen molar-refractivity contribution in [1.29, 1.82) is 0 Å². The molecule has 1 aliphatic heterocycles. The van der Waals surface area contributed by atoms with Gasteiger partial charge >= 0.3 is 0 Å². The fraction of sp³-hybridized carbons (Fsp3) is 0.120. The summed E-state index contributed by atoms with van der Waals surface area (Å²) in [5.74, 6) is -0.509. The number of hydrogen-bond acceptors (Lipinski definition) is 5. The summed E-state index contributed by atoms with van der Waals surface area (Å²) < 4.78 is 32.3. The van der Waals surface area contributed by atoms with E-state index in [9.17, 15) is 18.0 Å². The number of furan rings is 1. The van der Waals surface area contributed by atoms with Gasteiger partial charge in [-0.1, -0.05) is 48.5 Å². The lowest BCUT2D eigenvalue weighted by molar-refractivity contribution is 0.0873. The van der Waals surface area contributed by atoms with E-state index in [1.807, 2.05) is 60.7 Å². The van der Waals surface area contributed by atoms with Gasteiger partial charge in [-0.05, 0) is 42.8 Å². The standard InChI is InChI=1S/C25H20N2O5S/c1-2-27-25(29)19-13-12-18(15-22(19)33(27,30)31)24(28)26-23(16-8-4-3-5-9-16)21-14-17-10-6-7-11-20(17)32-21/h3-15,23H,2H2,1H3,(H,26,28). The molecule has 0 fully saturated rings. The first-order chi connectivity index (χ1) is 15.9. The van der Waals surface area contributed by atoms with Crippen molar-refractivity contribution in [3.05, 3.63) is 101 Å². The van der Waals surface area contributed by atoms with Gasteiger partial charge in [-0.25, -0.2) is 12.7 Å². The normalized spacial score (nSPS) is 15.4. The molecule has 33 heavy (non-hydrogen) atoms. The highest BCUT2D eigenvalue weighted by Crippen LogP contribution is 2.32. The van der Waals surface area contributed by atoms with E-state index >= 15 is 0 Å². The second-order valence-electron chi connectivity index (χ2n) is 7.69. The van der Waals surface area contributed by atoms with Crippen LogP contribution in [0.1, 0.15) is 45.0 Å². The maximum atomic E-state index is 13.2. The maximum Gasteiger partial charge on any atom is 0.268 e. The van der Waals surface area contributed by atoms with Crippen molar-refractivity contribution in [2.75, 3.05) is 6.54 Å². The quantitative estimate of drug-likeness (QED) is 0.483. The van der Waals surface area contributed by atoms with Gasteiger partial charge in [-0.2, -0.15) is 0 Å². The van der Waals surface area contributed by atoms with Crippen LogP contribution in [0.3, 0.4) is 0 Å². The van der Waals surface area contributed by atoms with E-state index in [0.29, 0.717) is 11.3 Å². The number of rotatable bonds is 5. The maximum absolute atomic E-state index is 13.2. The number of para-hydroxylation sites is 1. The second kappa shape index (κ2) is 7.90. The monoisotopic (exact) mass is 460 g/mol. The van der Waals surface area contributed by atoms with E-state index in [4.69, 9.17) is 4.42 Å². The molecule has 1 unspecified atom stereocenters. The van der Waals surface area contributed by atoms with Crippen molar-refractivity contribution in [2.45, 2.75) is 17.9 Å². The molecule has 1 aromatic heterocycles. The van der Waals surface area contributed by atoms with Crippen LogP contribution in [0.15, 0.2) is 88.2 Å². The SMILES string of the molecule is CCN1C(=O)c2ccc(C(=O)NC(c3ccccc3)c3cc4ccccc4o3)cc2S1(=O)=O. The summed E-state index contributed by atoms with van der Waals surface area (Å²) in [7, 11) is -3.97. The molecule has 2 amide bonds. The summed E-state index contributed by atoms with van der Waals surface area (Å²) in [4.78, 5) is 25.5. The Morgan fingerprint density at radius 1 is 1.00 bits per heavy atom. The number of sulfonamides is 1. The summed E-state index contributed by atoms with van der Waals surface area (Å²) in [5.41, 5.74) is 1.72. The van der Waals surface area contributed by atoms with Crippen molar-refractivity contribution in [2.24, 2.45) is 0 Å². The van der Waals surface area contributed by atoms with Crippen LogP contribution in [0.5, 0.6) is 0 Å². The Kier molecular flexibility index (Phi) is 5.02. The van der Waals surface area contributed by atoms with Gasteiger partial charge in [0.25, 0.3) is 21.8 Å². The molecule has 1 atom stereocenters. The first-order valence-corrected chi connectivity index (χ1v) is 11.9. The molecule has 166 valence electrons. The summed E-state index contributed by atoms with van der Waals surface area (Å²) in [6.45, 7) is 1.62. The summed E-state index contributed by atoms with van der Waals surface area (Å²) in [5, 5.41) is 3.86. The topological polar surface area (TPSA) is 96.7 Å². The van der Waals surface area contributed by atoms with E-state index in [1.54, 1.807) is 6.92 Å². The molecule has 0 radical (unpaired) electrons. The summed E-state index contributed by atoms with van der Waals surface area (Å²) in [6.07, 6.45) is 0. The minimum Gasteiger partial charge on any atom is -0.459 e. The van der Waals surface area contributed by atoms with E-state index in [-0.39, 0.29) is 22.6 Å². The fourth-order valence-electron chi connectivity index (χ4n) is 4.05. The Bertz CT molecular complexity index is 1460.